The number of rotatable bonds is 12. The molecular formula is C36H54N4O4. The molecule has 0 radical (unpaired) electrons. The van der Waals surface area contributed by atoms with Gasteiger partial charge in [0.25, 0.3) is 0 Å². The summed E-state index contributed by atoms with van der Waals surface area (Å²) in [4.78, 5) is 15.3. The lowest BCUT2D eigenvalue weighted by Crippen LogP contribution is -2.27. The maximum Gasteiger partial charge on any atom is 0.0815 e. The van der Waals surface area contributed by atoms with Crippen molar-refractivity contribution in [2.75, 3.05) is 59.7 Å². The highest BCUT2D eigenvalue weighted by atomic mass is 16.5. The Morgan fingerprint density at radius 1 is 0.795 bits per heavy atom. The molecule has 6 heterocycles. The number of hydrogen-bond donors (Lipinski definition) is 0. The summed E-state index contributed by atoms with van der Waals surface area (Å²) in [5.74, 6) is 1.68. The summed E-state index contributed by atoms with van der Waals surface area (Å²) in [6, 6.07) is 9.07. The molecule has 4 fully saturated rings. The largest absolute Gasteiger partial charge is 0.381 e. The lowest BCUT2D eigenvalue weighted by atomic mass is 9.93. The van der Waals surface area contributed by atoms with Crippen LogP contribution in [0.1, 0.15) is 111 Å². The van der Waals surface area contributed by atoms with Crippen LogP contribution in [0, 0.1) is 0 Å². The van der Waals surface area contributed by atoms with Crippen molar-refractivity contribution in [1.29, 1.82) is 0 Å². The fourth-order valence-electron chi connectivity index (χ4n) is 7.39. The van der Waals surface area contributed by atoms with Crippen molar-refractivity contribution >= 4 is 0 Å². The topological polar surface area (TPSA) is 69.2 Å². The first kappa shape index (κ1) is 32.0. The van der Waals surface area contributed by atoms with Crippen molar-refractivity contribution in [3.05, 3.63) is 58.2 Å². The second-order valence-corrected chi connectivity index (χ2v) is 14.2. The Labute approximate surface area is 264 Å². The molecule has 0 aliphatic carbocycles. The van der Waals surface area contributed by atoms with Crippen LogP contribution in [-0.2, 0) is 32.0 Å². The van der Waals surface area contributed by atoms with Gasteiger partial charge in [-0.3, -0.25) is 19.8 Å². The number of pyridine rings is 2. The van der Waals surface area contributed by atoms with Gasteiger partial charge in [-0.25, -0.2) is 0 Å². The standard InChI is InChI=1S/C36H54N4O4/c1-24(2)33-8-6-31(26-12-15-42-21-26)35(37-33)19-40-14-11-29(18-40)44-23-30-16-27(22-43-30)32-7-9-34(25(3)4)38-36(32)20-39-13-10-28(17-39)41-5/h6-9,24-30H,10-23H2,1-5H3/t26-,27+,28-,29-,30?/m0/s1. The van der Waals surface area contributed by atoms with E-state index in [1.54, 1.807) is 0 Å². The lowest BCUT2D eigenvalue weighted by Gasteiger charge is -2.22. The first-order chi connectivity index (χ1) is 21.4. The molecule has 8 heteroatoms. The molecule has 6 rings (SSSR count). The molecule has 0 amide bonds. The Balaban J connectivity index is 1.03. The van der Waals surface area contributed by atoms with Gasteiger partial charge in [0.1, 0.15) is 0 Å². The van der Waals surface area contributed by atoms with Crippen molar-refractivity contribution in [2.45, 2.75) is 108 Å². The molecular weight excluding hydrogens is 552 g/mol. The van der Waals surface area contributed by atoms with Crippen molar-refractivity contribution in [1.82, 2.24) is 19.8 Å². The third kappa shape index (κ3) is 7.71. The molecule has 1 unspecified atom stereocenters. The number of ether oxygens (including phenoxy) is 4. The fourth-order valence-corrected chi connectivity index (χ4v) is 7.39. The van der Waals surface area contributed by atoms with E-state index in [-0.39, 0.29) is 12.2 Å². The Hall–Kier alpha value is -1.94. The van der Waals surface area contributed by atoms with Crippen LogP contribution in [0.3, 0.4) is 0 Å². The molecule has 0 bridgehead atoms. The summed E-state index contributed by atoms with van der Waals surface area (Å²) >= 11 is 0. The van der Waals surface area contributed by atoms with Crippen LogP contribution in [0.15, 0.2) is 24.3 Å². The summed E-state index contributed by atoms with van der Waals surface area (Å²) in [6.45, 7) is 17.8. The SMILES string of the molecule is CO[C@H]1CCN(Cc2nc(C(C)C)ccc2[C@H]2COC(CO[C@H]3CCN(Cc4nc(C(C)C)ccc4[C@H]4CCOC4)C3)C2)C1. The molecule has 4 aliphatic heterocycles. The van der Waals surface area contributed by atoms with E-state index in [9.17, 15) is 0 Å². The summed E-state index contributed by atoms with van der Waals surface area (Å²) < 4.78 is 24.2. The van der Waals surface area contributed by atoms with Crippen molar-refractivity contribution in [3.8, 4) is 0 Å². The molecule has 2 aromatic heterocycles. The van der Waals surface area contributed by atoms with Crippen LogP contribution in [0.5, 0.6) is 0 Å². The zero-order valence-electron chi connectivity index (χ0n) is 27.7. The van der Waals surface area contributed by atoms with Crippen molar-refractivity contribution in [3.63, 3.8) is 0 Å². The van der Waals surface area contributed by atoms with Crippen LogP contribution in [0.2, 0.25) is 0 Å². The van der Waals surface area contributed by atoms with E-state index in [1.165, 1.54) is 33.9 Å². The lowest BCUT2D eigenvalue weighted by molar-refractivity contribution is -0.0167. The second-order valence-electron chi connectivity index (χ2n) is 14.2. The fraction of sp³-hybridized carbons (Fsp3) is 0.722. The van der Waals surface area contributed by atoms with Crippen LogP contribution in [0.25, 0.3) is 0 Å². The molecule has 0 spiro atoms. The van der Waals surface area contributed by atoms with E-state index in [4.69, 9.17) is 28.9 Å². The molecule has 242 valence electrons. The van der Waals surface area contributed by atoms with Crippen LogP contribution in [-0.4, -0.2) is 97.8 Å². The number of nitrogens with zero attached hydrogens (tertiary/aromatic N) is 4. The summed E-state index contributed by atoms with van der Waals surface area (Å²) in [6.07, 6.45) is 4.95. The van der Waals surface area contributed by atoms with E-state index in [1.807, 2.05) is 7.11 Å². The number of methoxy groups -OCH3 is 1. The average molecular weight is 607 g/mol. The van der Waals surface area contributed by atoms with Gasteiger partial charge >= 0.3 is 0 Å². The maximum atomic E-state index is 6.50. The van der Waals surface area contributed by atoms with E-state index in [2.05, 4.69) is 61.8 Å². The van der Waals surface area contributed by atoms with Gasteiger partial charge in [-0.15, -0.1) is 0 Å². The van der Waals surface area contributed by atoms with Gasteiger partial charge in [0.15, 0.2) is 0 Å². The molecule has 4 saturated heterocycles. The average Bonchev–Trinajstić information content (AvgIpc) is 3.84. The number of likely N-dealkylation sites (tertiary alicyclic amines) is 2. The van der Waals surface area contributed by atoms with E-state index >= 15 is 0 Å². The Morgan fingerprint density at radius 2 is 1.41 bits per heavy atom. The molecule has 8 nitrogen and oxygen atoms in total. The maximum absolute atomic E-state index is 6.50. The minimum atomic E-state index is 0.134. The highest BCUT2D eigenvalue weighted by Crippen LogP contribution is 2.34. The van der Waals surface area contributed by atoms with Gasteiger partial charge in [-0.2, -0.15) is 0 Å². The van der Waals surface area contributed by atoms with E-state index in [0.717, 1.165) is 84.8 Å². The predicted molar refractivity (Wildman–Crippen MR) is 172 cm³/mol. The molecule has 0 aromatic carbocycles. The number of hydrogen-bond acceptors (Lipinski definition) is 8. The second kappa shape index (κ2) is 14.7. The van der Waals surface area contributed by atoms with Gasteiger partial charge in [0.2, 0.25) is 0 Å². The molecule has 44 heavy (non-hydrogen) atoms. The Kier molecular flexibility index (Phi) is 10.7. The zero-order valence-corrected chi connectivity index (χ0v) is 27.7. The van der Waals surface area contributed by atoms with Gasteiger partial charge in [-0.1, -0.05) is 39.8 Å². The predicted octanol–water partition coefficient (Wildman–Crippen LogP) is 5.61. The highest BCUT2D eigenvalue weighted by molar-refractivity contribution is 5.30. The van der Waals surface area contributed by atoms with Crippen molar-refractivity contribution < 1.29 is 18.9 Å². The minimum absolute atomic E-state index is 0.134. The van der Waals surface area contributed by atoms with Crippen molar-refractivity contribution in [2.24, 2.45) is 0 Å². The van der Waals surface area contributed by atoms with Gasteiger partial charge in [-0.05, 0) is 60.8 Å². The molecule has 4 aliphatic rings. The monoisotopic (exact) mass is 606 g/mol. The van der Waals surface area contributed by atoms with Crippen LogP contribution < -0.4 is 0 Å². The zero-order chi connectivity index (χ0) is 30.6. The highest BCUT2D eigenvalue weighted by Gasteiger charge is 2.33. The van der Waals surface area contributed by atoms with Crippen LogP contribution >= 0.6 is 0 Å². The smallest absolute Gasteiger partial charge is 0.0815 e. The van der Waals surface area contributed by atoms with Gasteiger partial charge in [0.05, 0.1) is 49.5 Å². The molecule has 5 atom stereocenters. The van der Waals surface area contributed by atoms with Gasteiger partial charge < -0.3 is 18.9 Å². The molecule has 0 N–H and O–H groups in total. The first-order valence-electron chi connectivity index (χ1n) is 17.1. The van der Waals surface area contributed by atoms with Gasteiger partial charge in [0, 0.05) is 76.2 Å². The Bertz CT molecular complexity index is 1230. The summed E-state index contributed by atoms with van der Waals surface area (Å²) in [5, 5.41) is 0. The Morgan fingerprint density at radius 3 is 1.98 bits per heavy atom. The third-order valence-corrected chi connectivity index (χ3v) is 10.2. The third-order valence-electron chi connectivity index (χ3n) is 10.2. The normalized spacial score (nSPS) is 28.3. The molecule has 2 aromatic rings. The van der Waals surface area contributed by atoms with E-state index in [0.29, 0.717) is 36.4 Å². The summed E-state index contributed by atoms with van der Waals surface area (Å²) in [7, 11) is 1.82. The number of aromatic nitrogens is 2. The summed E-state index contributed by atoms with van der Waals surface area (Å²) in [5.41, 5.74) is 7.52. The minimum Gasteiger partial charge on any atom is -0.381 e. The van der Waals surface area contributed by atoms with Crippen LogP contribution in [0.4, 0.5) is 0 Å². The van der Waals surface area contributed by atoms with E-state index < -0.39 is 0 Å². The first-order valence-corrected chi connectivity index (χ1v) is 17.1. The molecule has 0 saturated carbocycles. The quantitative estimate of drug-likeness (QED) is 0.309.